The first-order chi connectivity index (χ1) is 17.4. The highest BCUT2D eigenvalue weighted by molar-refractivity contribution is 6.30. The van der Waals surface area contributed by atoms with Crippen LogP contribution < -0.4 is 9.64 Å². The number of hydrogen-bond acceptors (Lipinski definition) is 5. The van der Waals surface area contributed by atoms with Crippen LogP contribution in [-0.2, 0) is 24.4 Å². The van der Waals surface area contributed by atoms with E-state index in [1.165, 1.54) is 0 Å². The molecule has 0 spiro atoms. The molecular weight excluding hydrogens is 476 g/mol. The lowest BCUT2D eigenvalue weighted by Gasteiger charge is -2.18. The Bertz CT molecular complexity index is 1280. The van der Waals surface area contributed by atoms with Crippen LogP contribution in [0, 0.1) is 6.92 Å². The molecule has 0 radical (unpaired) electrons. The van der Waals surface area contributed by atoms with E-state index in [0.29, 0.717) is 30.6 Å². The van der Waals surface area contributed by atoms with Gasteiger partial charge in [-0.2, -0.15) is 4.98 Å². The molecule has 6 nitrogen and oxygen atoms in total. The number of carbonyl (C=O) groups is 1. The predicted molar refractivity (Wildman–Crippen MR) is 142 cm³/mol. The summed E-state index contributed by atoms with van der Waals surface area (Å²) in [6.07, 6.45) is 0.641. The molecule has 0 saturated heterocycles. The van der Waals surface area contributed by atoms with Gasteiger partial charge in [0.15, 0.2) is 0 Å². The van der Waals surface area contributed by atoms with Crippen molar-refractivity contribution < 1.29 is 19.1 Å². The maximum atomic E-state index is 10.7. The lowest BCUT2D eigenvalue weighted by Crippen LogP contribution is -2.22. The van der Waals surface area contributed by atoms with E-state index in [9.17, 15) is 4.79 Å². The van der Waals surface area contributed by atoms with Gasteiger partial charge in [-0.1, -0.05) is 60.1 Å². The van der Waals surface area contributed by atoms with Gasteiger partial charge in [-0.15, -0.1) is 0 Å². The molecule has 1 aromatic heterocycles. The Labute approximate surface area is 216 Å². The molecule has 0 amide bonds. The van der Waals surface area contributed by atoms with Gasteiger partial charge in [0, 0.05) is 30.1 Å². The van der Waals surface area contributed by atoms with Gasteiger partial charge in [0.1, 0.15) is 23.8 Å². The number of oxazole rings is 1. The van der Waals surface area contributed by atoms with E-state index in [1.54, 1.807) is 0 Å². The van der Waals surface area contributed by atoms with Crippen molar-refractivity contribution in [3.8, 4) is 17.0 Å². The largest absolute Gasteiger partial charge is 0.489 e. The summed E-state index contributed by atoms with van der Waals surface area (Å²) >= 11 is 6.02. The first kappa shape index (κ1) is 25.3. The SMILES string of the molecule is CCN(Cc1ccc(COc2ccc(CCC(=O)O)cc2)cc1)c1nc(-c2ccc(Cl)cc2)c(C)o1. The highest BCUT2D eigenvalue weighted by atomic mass is 35.5. The molecule has 0 unspecified atom stereocenters. The number of hydrogen-bond donors (Lipinski definition) is 1. The van der Waals surface area contributed by atoms with Crippen molar-refractivity contribution >= 4 is 23.6 Å². The molecule has 1 N–H and O–H groups in total. The second-order valence-electron chi connectivity index (χ2n) is 8.57. The van der Waals surface area contributed by atoms with E-state index in [4.69, 9.17) is 30.8 Å². The molecular formula is C29H29ClN2O4. The molecule has 4 rings (SSSR count). The third-order valence-corrected chi connectivity index (χ3v) is 6.16. The predicted octanol–water partition coefficient (Wildman–Crippen LogP) is 6.93. The fourth-order valence-corrected chi connectivity index (χ4v) is 3.97. The van der Waals surface area contributed by atoms with E-state index in [0.717, 1.165) is 46.0 Å². The minimum absolute atomic E-state index is 0.126. The van der Waals surface area contributed by atoms with Crippen LogP contribution in [0.4, 0.5) is 6.01 Å². The number of carboxylic acid groups (broad SMARTS) is 1. The number of ether oxygens (including phenoxy) is 1. The summed E-state index contributed by atoms with van der Waals surface area (Å²) in [5.41, 5.74) is 4.99. The van der Waals surface area contributed by atoms with Gasteiger partial charge in [0.2, 0.25) is 0 Å². The quantitative estimate of drug-likeness (QED) is 0.239. The Morgan fingerprint density at radius 1 is 0.972 bits per heavy atom. The van der Waals surface area contributed by atoms with Gasteiger partial charge in [-0.25, -0.2) is 0 Å². The standard InChI is InChI=1S/C29H29ClN2O4/c1-3-32(29-31-28(20(2)36-29)24-11-13-25(30)14-12-24)18-22-4-6-23(7-5-22)19-35-26-15-8-21(9-16-26)10-17-27(33)34/h4-9,11-16H,3,10,17-19H2,1-2H3,(H,33,34). The Morgan fingerprint density at radius 3 is 2.25 bits per heavy atom. The van der Waals surface area contributed by atoms with Crippen molar-refractivity contribution in [1.29, 1.82) is 0 Å². The monoisotopic (exact) mass is 504 g/mol. The smallest absolute Gasteiger partial charge is 0.303 e. The van der Waals surface area contributed by atoms with Crippen LogP contribution >= 0.6 is 11.6 Å². The molecule has 0 aliphatic rings. The van der Waals surface area contributed by atoms with Crippen LogP contribution in [0.1, 0.15) is 35.8 Å². The molecule has 3 aromatic carbocycles. The summed E-state index contributed by atoms with van der Waals surface area (Å²) < 4.78 is 11.9. The average molecular weight is 505 g/mol. The molecule has 36 heavy (non-hydrogen) atoms. The Hall–Kier alpha value is -3.77. The van der Waals surface area contributed by atoms with Crippen molar-refractivity contribution in [3.63, 3.8) is 0 Å². The maximum Gasteiger partial charge on any atom is 0.303 e. The summed E-state index contributed by atoms with van der Waals surface area (Å²) in [5.74, 6) is 0.735. The number of anilines is 1. The Balaban J connectivity index is 1.35. The topological polar surface area (TPSA) is 75.8 Å². The van der Waals surface area contributed by atoms with Crippen LogP contribution in [0.25, 0.3) is 11.3 Å². The highest BCUT2D eigenvalue weighted by Crippen LogP contribution is 2.29. The van der Waals surface area contributed by atoms with Crippen molar-refractivity contribution in [2.45, 2.75) is 39.8 Å². The number of aromatic nitrogens is 1. The van der Waals surface area contributed by atoms with Gasteiger partial charge in [0.05, 0.1) is 0 Å². The fourth-order valence-electron chi connectivity index (χ4n) is 3.84. The zero-order valence-electron chi connectivity index (χ0n) is 20.4. The van der Waals surface area contributed by atoms with E-state index in [1.807, 2.05) is 55.5 Å². The summed E-state index contributed by atoms with van der Waals surface area (Å²) in [5, 5.41) is 9.49. The Morgan fingerprint density at radius 2 is 1.61 bits per heavy atom. The van der Waals surface area contributed by atoms with E-state index >= 15 is 0 Å². The molecule has 1 heterocycles. The van der Waals surface area contributed by atoms with Crippen molar-refractivity contribution in [2.24, 2.45) is 0 Å². The van der Waals surface area contributed by atoms with Crippen LogP contribution in [0.2, 0.25) is 5.02 Å². The van der Waals surface area contributed by atoms with E-state index in [-0.39, 0.29) is 6.42 Å². The lowest BCUT2D eigenvalue weighted by atomic mass is 10.1. The Kier molecular flexibility index (Phi) is 8.28. The summed E-state index contributed by atoms with van der Waals surface area (Å²) in [4.78, 5) is 17.6. The summed E-state index contributed by atoms with van der Waals surface area (Å²) in [7, 11) is 0. The number of rotatable bonds is 11. The number of halogens is 1. The zero-order chi connectivity index (χ0) is 25.5. The van der Waals surface area contributed by atoms with Crippen molar-refractivity contribution in [3.05, 3.63) is 100 Å². The number of benzene rings is 3. The van der Waals surface area contributed by atoms with Crippen LogP contribution in [-0.4, -0.2) is 22.6 Å². The number of carboxylic acids is 1. The minimum Gasteiger partial charge on any atom is -0.489 e. The fraction of sp³-hybridized carbons (Fsp3) is 0.241. The van der Waals surface area contributed by atoms with Crippen molar-refractivity contribution in [2.75, 3.05) is 11.4 Å². The molecule has 0 saturated carbocycles. The highest BCUT2D eigenvalue weighted by Gasteiger charge is 2.17. The first-order valence-corrected chi connectivity index (χ1v) is 12.3. The molecule has 186 valence electrons. The average Bonchev–Trinajstić information content (AvgIpc) is 3.27. The van der Waals surface area contributed by atoms with Gasteiger partial charge < -0.3 is 19.2 Å². The second kappa shape index (κ2) is 11.8. The number of aliphatic carboxylic acids is 1. The normalized spacial score (nSPS) is 10.9. The molecule has 0 fully saturated rings. The van der Waals surface area contributed by atoms with E-state index < -0.39 is 5.97 Å². The van der Waals surface area contributed by atoms with Crippen LogP contribution in [0.15, 0.2) is 77.2 Å². The number of aryl methyl sites for hydroxylation is 2. The number of nitrogens with zero attached hydrogens (tertiary/aromatic N) is 2. The van der Waals surface area contributed by atoms with Crippen molar-refractivity contribution in [1.82, 2.24) is 4.98 Å². The molecule has 0 aliphatic heterocycles. The molecule has 4 aromatic rings. The molecule has 0 bridgehead atoms. The van der Waals surface area contributed by atoms with Crippen LogP contribution in [0.3, 0.4) is 0 Å². The molecule has 0 aliphatic carbocycles. The lowest BCUT2D eigenvalue weighted by molar-refractivity contribution is -0.136. The third kappa shape index (κ3) is 6.67. The molecule has 0 atom stereocenters. The maximum absolute atomic E-state index is 10.7. The van der Waals surface area contributed by atoms with Gasteiger partial charge in [-0.3, -0.25) is 4.79 Å². The minimum atomic E-state index is -0.793. The second-order valence-corrected chi connectivity index (χ2v) is 9.00. The van der Waals surface area contributed by atoms with Crippen LogP contribution in [0.5, 0.6) is 5.75 Å². The first-order valence-electron chi connectivity index (χ1n) is 11.9. The van der Waals surface area contributed by atoms with Gasteiger partial charge >= 0.3 is 5.97 Å². The molecule has 7 heteroatoms. The van der Waals surface area contributed by atoms with Gasteiger partial charge in [0.25, 0.3) is 6.01 Å². The summed E-state index contributed by atoms with van der Waals surface area (Å²) in [6.45, 7) is 5.89. The zero-order valence-corrected chi connectivity index (χ0v) is 21.2. The third-order valence-electron chi connectivity index (χ3n) is 5.91. The van der Waals surface area contributed by atoms with E-state index in [2.05, 4.69) is 36.1 Å². The van der Waals surface area contributed by atoms with Gasteiger partial charge in [-0.05, 0) is 61.2 Å². The summed E-state index contributed by atoms with van der Waals surface area (Å²) in [6, 6.07) is 24.1.